The zero-order valence-corrected chi connectivity index (χ0v) is 11.3. The lowest BCUT2D eigenvalue weighted by Crippen LogP contribution is -2.43. The Morgan fingerprint density at radius 2 is 2.24 bits per heavy atom. The van der Waals surface area contributed by atoms with Gasteiger partial charge in [0.05, 0.1) is 5.92 Å². The third kappa shape index (κ3) is 5.50. The Hall–Kier alpha value is -0.610. The summed E-state index contributed by atoms with van der Waals surface area (Å²) in [5.74, 6) is 0.412. The predicted molar refractivity (Wildman–Crippen MR) is 71.0 cm³/mol. The van der Waals surface area contributed by atoms with Crippen molar-refractivity contribution in [2.75, 3.05) is 39.3 Å². The molecule has 1 aliphatic heterocycles. The molecule has 100 valence electrons. The van der Waals surface area contributed by atoms with Crippen molar-refractivity contribution in [2.24, 2.45) is 5.92 Å². The van der Waals surface area contributed by atoms with Gasteiger partial charge >= 0.3 is 0 Å². The van der Waals surface area contributed by atoms with Crippen molar-refractivity contribution in [2.45, 2.75) is 33.1 Å². The van der Waals surface area contributed by atoms with Gasteiger partial charge in [-0.05, 0) is 38.9 Å². The molecule has 4 nitrogen and oxygen atoms in total. The lowest BCUT2D eigenvalue weighted by Gasteiger charge is -2.23. The van der Waals surface area contributed by atoms with Crippen LogP contribution in [0.2, 0.25) is 0 Å². The Balaban J connectivity index is 2.14. The van der Waals surface area contributed by atoms with Crippen molar-refractivity contribution in [1.82, 2.24) is 15.5 Å². The van der Waals surface area contributed by atoms with E-state index in [1.807, 2.05) is 0 Å². The van der Waals surface area contributed by atoms with Crippen LogP contribution >= 0.6 is 0 Å². The lowest BCUT2D eigenvalue weighted by atomic mass is 9.99. The minimum absolute atomic E-state index is 0.185. The summed E-state index contributed by atoms with van der Waals surface area (Å²) >= 11 is 0. The first-order valence-electron chi connectivity index (χ1n) is 6.98. The number of carbonyl (C=O) groups is 1. The Morgan fingerprint density at radius 1 is 1.41 bits per heavy atom. The molecule has 0 unspecified atom stereocenters. The van der Waals surface area contributed by atoms with Crippen LogP contribution in [0.1, 0.15) is 33.1 Å². The maximum Gasteiger partial charge on any atom is 0.224 e. The first kappa shape index (κ1) is 14.5. The highest BCUT2D eigenvalue weighted by atomic mass is 16.1. The second-order valence-corrected chi connectivity index (χ2v) is 4.77. The average Bonchev–Trinajstić information content (AvgIpc) is 2.38. The van der Waals surface area contributed by atoms with Crippen LogP contribution in [0.4, 0.5) is 0 Å². The van der Waals surface area contributed by atoms with E-state index < -0.39 is 0 Å². The van der Waals surface area contributed by atoms with Crippen LogP contribution in [-0.4, -0.2) is 50.1 Å². The highest BCUT2D eigenvalue weighted by Gasteiger charge is 2.20. The van der Waals surface area contributed by atoms with Crippen molar-refractivity contribution in [3.63, 3.8) is 0 Å². The largest absolute Gasteiger partial charge is 0.355 e. The van der Waals surface area contributed by atoms with Crippen molar-refractivity contribution in [3.8, 4) is 0 Å². The van der Waals surface area contributed by atoms with Crippen LogP contribution in [0.25, 0.3) is 0 Å². The quantitative estimate of drug-likeness (QED) is 0.694. The zero-order chi connectivity index (χ0) is 12.5. The number of rotatable bonds is 7. The molecule has 4 heteroatoms. The summed E-state index contributed by atoms with van der Waals surface area (Å²) in [7, 11) is 0. The van der Waals surface area contributed by atoms with Gasteiger partial charge < -0.3 is 15.5 Å². The van der Waals surface area contributed by atoms with Crippen molar-refractivity contribution in [3.05, 3.63) is 0 Å². The number of amides is 1. The third-order valence-corrected chi connectivity index (χ3v) is 3.38. The predicted octanol–water partition coefficient (Wildman–Crippen LogP) is 0.834. The molecule has 1 heterocycles. The molecule has 0 aromatic rings. The normalized spacial score (nSPS) is 20.5. The second kappa shape index (κ2) is 8.48. The van der Waals surface area contributed by atoms with Crippen molar-refractivity contribution < 1.29 is 4.79 Å². The number of nitrogens with zero attached hydrogens (tertiary/aromatic N) is 1. The first-order valence-corrected chi connectivity index (χ1v) is 6.98. The molecule has 0 spiro atoms. The van der Waals surface area contributed by atoms with E-state index in [1.54, 1.807) is 0 Å². The maximum absolute atomic E-state index is 11.9. The molecule has 0 saturated carbocycles. The number of nitrogens with one attached hydrogen (secondary N) is 2. The van der Waals surface area contributed by atoms with Gasteiger partial charge in [-0.3, -0.25) is 4.79 Å². The fraction of sp³-hybridized carbons (Fsp3) is 0.923. The second-order valence-electron chi connectivity index (χ2n) is 4.77. The minimum atomic E-state index is 0.185. The van der Waals surface area contributed by atoms with E-state index in [2.05, 4.69) is 29.4 Å². The molecule has 0 aromatic heterocycles. The van der Waals surface area contributed by atoms with Crippen molar-refractivity contribution >= 4 is 5.91 Å². The maximum atomic E-state index is 11.9. The Bertz CT molecular complexity index is 215. The topological polar surface area (TPSA) is 44.4 Å². The van der Waals surface area contributed by atoms with Crippen LogP contribution in [0.3, 0.4) is 0 Å². The average molecular weight is 241 g/mol. The van der Waals surface area contributed by atoms with E-state index in [4.69, 9.17) is 0 Å². The molecule has 1 rings (SSSR count). The number of hydrogen-bond acceptors (Lipinski definition) is 3. The lowest BCUT2D eigenvalue weighted by molar-refractivity contribution is -0.125. The van der Waals surface area contributed by atoms with Crippen molar-refractivity contribution in [1.29, 1.82) is 0 Å². The summed E-state index contributed by atoms with van der Waals surface area (Å²) < 4.78 is 0. The number of piperidine rings is 1. The summed E-state index contributed by atoms with van der Waals surface area (Å²) in [6, 6.07) is 0. The summed E-state index contributed by atoms with van der Waals surface area (Å²) in [6.07, 6.45) is 3.33. The van der Waals surface area contributed by atoms with Crippen LogP contribution < -0.4 is 10.6 Å². The molecule has 17 heavy (non-hydrogen) atoms. The highest BCUT2D eigenvalue weighted by Crippen LogP contribution is 2.09. The number of hydrogen-bond donors (Lipinski definition) is 2. The van der Waals surface area contributed by atoms with Gasteiger partial charge in [-0.2, -0.15) is 0 Å². The van der Waals surface area contributed by atoms with E-state index in [0.29, 0.717) is 0 Å². The van der Waals surface area contributed by atoms with Crippen LogP contribution in [0.5, 0.6) is 0 Å². The fourth-order valence-electron chi connectivity index (χ4n) is 2.30. The molecule has 1 amide bonds. The standard InChI is InChI=1S/C13H27N3O/c1-3-9-16(4-2)10-8-15-13(17)12-6-5-7-14-11-12/h12,14H,3-11H2,1-2H3,(H,15,17)/t12-/m1/s1. The first-order chi connectivity index (χ1) is 8.27. The molecular weight excluding hydrogens is 214 g/mol. The van der Waals surface area contributed by atoms with Crippen LogP contribution in [-0.2, 0) is 4.79 Å². The summed E-state index contributed by atoms with van der Waals surface area (Å²) in [5.41, 5.74) is 0. The van der Waals surface area contributed by atoms with Crippen LogP contribution in [0, 0.1) is 5.92 Å². The monoisotopic (exact) mass is 241 g/mol. The van der Waals surface area contributed by atoms with E-state index in [9.17, 15) is 4.79 Å². The molecule has 2 N–H and O–H groups in total. The van der Waals surface area contributed by atoms with E-state index in [0.717, 1.165) is 52.1 Å². The SMILES string of the molecule is CCCN(CC)CCNC(=O)[C@@H]1CCCNC1. The number of carbonyl (C=O) groups excluding carboxylic acids is 1. The Kier molecular flexibility index (Phi) is 7.21. The van der Waals surface area contributed by atoms with Gasteiger partial charge in [-0.1, -0.05) is 13.8 Å². The summed E-state index contributed by atoms with van der Waals surface area (Å²) in [5, 5.41) is 6.33. The molecule has 1 atom stereocenters. The van der Waals surface area contributed by atoms with Gasteiger partial charge in [-0.25, -0.2) is 0 Å². The smallest absolute Gasteiger partial charge is 0.224 e. The zero-order valence-electron chi connectivity index (χ0n) is 11.3. The van der Waals surface area contributed by atoms with E-state index in [-0.39, 0.29) is 11.8 Å². The summed E-state index contributed by atoms with van der Waals surface area (Å²) in [4.78, 5) is 14.2. The summed E-state index contributed by atoms with van der Waals surface area (Å²) in [6.45, 7) is 10.2. The molecule has 1 aliphatic rings. The van der Waals surface area contributed by atoms with Gasteiger partial charge in [0.15, 0.2) is 0 Å². The van der Waals surface area contributed by atoms with Gasteiger partial charge in [-0.15, -0.1) is 0 Å². The molecule has 0 radical (unpaired) electrons. The van der Waals surface area contributed by atoms with E-state index in [1.165, 1.54) is 6.42 Å². The van der Waals surface area contributed by atoms with Crippen LogP contribution in [0.15, 0.2) is 0 Å². The minimum Gasteiger partial charge on any atom is -0.355 e. The molecule has 0 bridgehead atoms. The molecule has 0 aliphatic carbocycles. The molecular formula is C13H27N3O. The van der Waals surface area contributed by atoms with Gasteiger partial charge in [0.1, 0.15) is 0 Å². The Morgan fingerprint density at radius 3 is 2.82 bits per heavy atom. The molecule has 1 fully saturated rings. The van der Waals surface area contributed by atoms with E-state index >= 15 is 0 Å². The number of likely N-dealkylation sites (N-methyl/N-ethyl adjacent to an activating group) is 1. The van der Waals surface area contributed by atoms with Gasteiger partial charge in [0.25, 0.3) is 0 Å². The molecule has 1 saturated heterocycles. The Labute approximate surface area is 105 Å². The fourth-order valence-corrected chi connectivity index (χ4v) is 2.30. The van der Waals surface area contributed by atoms with Gasteiger partial charge in [0.2, 0.25) is 5.91 Å². The van der Waals surface area contributed by atoms with Gasteiger partial charge in [0, 0.05) is 19.6 Å². The molecule has 0 aromatic carbocycles. The third-order valence-electron chi connectivity index (χ3n) is 3.38. The highest BCUT2D eigenvalue weighted by molar-refractivity contribution is 5.78.